The lowest BCUT2D eigenvalue weighted by Gasteiger charge is -2.28. The molecule has 0 amide bonds. The molecule has 0 N–H and O–H groups in total. The highest BCUT2D eigenvalue weighted by molar-refractivity contribution is 5.97. The summed E-state index contributed by atoms with van der Waals surface area (Å²) >= 11 is 0. The number of Topliss-reactive ketones (excluding diaryl/α,β-unsaturated/α-hetero) is 1. The predicted molar refractivity (Wildman–Crippen MR) is 60.0 cm³/mol. The Morgan fingerprint density at radius 3 is 2.86 bits per heavy atom. The van der Waals surface area contributed by atoms with Crippen molar-refractivity contribution in [1.82, 2.24) is 0 Å². The summed E-state index contributed by atoms with van der Waals surface area (Å²) in [6.45, 7) is 11.6. The Hall–Kier alpha value is -1.11. The van der Waals surface area contributed by atoms with Crippen LogP contribution in [0.2, 0.25) is 0 Å². The Morgan fingerprint density at radius 2 is 2.36 bits per heavy atom. The van der Waals surface area contributed by atoms with Crippen LogP contribution in [0.3, 0.4) is 0 Å². The molecular formula is C13H18O. The van der Waals surface area contributed by atoms with Gasteiger partial charge in [0.2, 0.25) is 0 Å². The molecule has 0 saturated heterocycles. The summed E-state index contributed by atoms with van der Waals surface area (Å²) in [5, 5.41) is 0. The molecule has 0 heterocycles. The topological polar surface area (TPSA) is 17.1 Å². The summed E-state index contributed by atoms with van der Waals surface area (Å²) in [5.74, 6) is 0.656. The van der Waals surface area contributed by atoms with E-state index < -0.39 is 0 Å². The van der Waals surface area contributed by atoms with Crippen molar-refractivity contribution in [2.24, 2.45) is 11.8 Å². The van der Waals surface area contributed by atoms with E-state index in [-0.39, 0.29) is 11.7 Å². The standard InChI is InChI=1S/C13H18O/c1-5-6-12-11(9(2)3)8-7-10(4)13(12)14/h5,7,11-12H,1-2,6,8H2,3-4H3/t11-,12-/m0/s1. The second-order valence-electron chi connectivity index (χ2n) is 4.07. The number of carbonyl (C=O) groups excluding carboxylic acids is 1. The minimum absolute atomic E-state index is 0.0787. The summed E-state index contributed by atoms with van der Waals surface area (Å²) in [6.07, 6.45) is 5.57. The van der Waals surface area contributed by atoms with Crippen molar-refractivity contribution in [3.05, 3.63) is 36.5 Å². The molecular weight excluding hydrogens is 172 g/mol. The molecule has 0 saturated carbocycles. The van der Waals surface area contributed by atoms with Gasteiger partial charge >= 0.3 is 0 Å². The van der Waals surface area contributed by atoms with E-state index in [1.807, 2.05) is 26.0 Å². The second kappa shape index (κ2) is 4.41. The average Bonchev–Trinajstić information content (AvgIpc) is 2.13. The van der Waals surface area contributed by atoms with Gasteiger partial charge in [0.1, 0.15) is 0 Å². The molecule has 0 spiro atoms. The lowest BCUT2D eigenvalue weighted by Crippen LogP contribution is -2.28. The zero-order valence-electron chi connectivity index (χ0n) is 9.05. The number of carbonyl (C=O) groups is 1. The van der Waals surface area contributed by atoms with E-state index in [0.717, 1.165) is 24.0 Å². The van der Waals surface area contributed by atoms with Crippen LogP contribution < -0.4 is 0 Å². The van der Waals surface area contributed by atoms with Gasteiger partial charge in [-0.15, -0.1) is 6.58 Å². The minimum atomic E-state index is 0.0787. The van der Waals surface area contributed by atoms with Gasteiger partial charge in [0.05, 0.1) is 0 Å². The lowest BCUT2D eigenvalue weighted by atomic mass is 9.74. The molecule has 0 fully saturated rings. The van der Waals surface area contributed by atoms with Crippen LogP contribution in [0.1, 0.15) is 26.7 Å². The molecule has 76 valence electrons. The molecule has 14 heavy (non-hydrogen) atoms. The molecule has 1 aliphatic rings. The number of ketones is 1. The molecule has 1 heteroatoms. The third-order valence-corrected chi connectivity index (χ3v) is 2.94. The van der Waals surface area contributed by atoms with E-state index >= 15 is 0 Å². The van der Waals surface area contributed by atoms with Crippen LogP contribution in [-0.2, 0) is 4.79 Å². The van der Waals surface area contributed by atoms with E-state index in [2.05, 4.69) is 13.2 Å². The monoisotopic (exact) mass is 190 g/mol. The van der Waals surface area contributed by atoms with Crippen LogP contribution in [0.15, 0.2) is 36.5 Å². The molecule has 0 bridgehead atoms. The average molecular weight is 190 g/mol. The molecule has 1 nitrogen and oxygen atoms in total. The van der Waals surface area contributed by atoms with Gasteiger partial charge in [-0.05, 0) is 38.2 Å². The van der Waals surface area contributed by atoms with E-state index in [0.29, 0.717) is 5.92 Å². The van der Waals surface area contributed by atoms with Crippen LogP contribution in [0.5, 0.6) is 0 Å². The van der Waals surface area contributed by atoms with E-state index in [1.165, 1.54) is 0 Å². The maximum absolute atomic E-state index is 11.9. The van der Waals surface area contributed by atoms with Gasteiger partial charge in [0.25, 0.3) is 0 Å². The van der Waals surface area contributed by atoms with Gasteiger partial charge in [-0.1, -0.05) is 24.3 Å². The van der Waals surface area contributed by atoms with Crippen molar-refractivity contribution in [1.29, 1.82) is 0 Å². The molecule has 0 unspecified atom stereocenters. The fourth-order valence-corrected chi connectivity index (χ4v) is 2.04. The molecule has 0 aromatic rings. The number of allylic oxidation sites excluding steroid dienone is 4. The minimum Gasteiger partial charge on any atom is -0.294 e. The van der Waals surface area contributed by atoms with Crippen molar-refractivity contribution in [3.8, 4) is 0 Å². The summed E-state index contributed by atoms with van der Waals surface area (Å²) < 4.78 is 0. The number of rotatable bonds is 3. The first kappa shape index (κ1) is 11.0. The molecule has 2 atom stereocenters. The highest BCUT2D eigenvalue weighted by atomic mass is 16.1. The SMILES string of the molecule is C=CC[C@@H]1C(=O)C(C)=CC[C@H]1C(=C)C. The predicted octanol–water partition coefficient (Wildman–Crippen LogP) is 3.29. The molecule has 1 aliphatic carbocycles. The smallest absolute Gasteiger partial charge is 0.162 e. The van der Waals surface area contributed by atoms with Crippen LogP contribution >= 0.6 is 0 Å². The van der Waals surface area contributed by atoms with Gasteiger partial charge < -0.3 is 0 Å². The zero-order chi connectivity index (χ0) is 10.7. The lowest BCUT2D eigenvalue weighted by molar-refractivity contribution is -0.120. The van der Waals surface area contributed by atoms with Gasteiger partial charge in [0, 0.05) is 5.92 Å². The molecule has 1 rings (SSSR count). The molecule has 0 radical (unpaired) electrons. The van der Waals surface area contributed by atoms with Gasteiger partial charge in [-0.3, -0.25) is 4.79 Å². The van der Waals surface area contributed by atoms with Crippen LogP contribution in [0, 0.1) is 11.8 Å². The third kappa shape index (κ3) is 2.03. The summed E-state index contributed by atoms with van der Waals surface area (Å²) in [7, 11) is 0. The summed E-state index contributed by atoms with van der Waals surface area (Å²) in [6, 6.07) is 0. The third-order valence-electron chi connectivity index (χ3n) is 2.94. The normalized spacial score (nSPS) is 27.0. The quantitative estimate of drug-likeness (QED) is 0.624. The van der Waals surface area contributed by atoms with Crippen molar-refractivity contribution in [2.45, 2.75) is 26.7 Å². The zero-order valence-corrected chi connectivity index (χ0v) is 9.05. The highest BCUT2D eigenvalue weighted by Crippen LogP contribution is 2.33. The van der Waals surface area contributed by atoms with Crippen molar-refractivity contribution in [3.63, 3.8) is 0 Å². The molecule has 0 aromatic heterocycles. The van der Waals surface area contributed by atoms with Gasteiger partial charge in [-0.25, -0.2) is 0 Å². The van der Waals surface area contributed by atoms with Crippen LogP contribution in [-0.4, -0.2) is 5.78 Å². The first-order valence-electron chi connectivity index (χ1n) is 5.05. The Bertz CT molecular complexity index is 296. The van der Waals surface area contributed by atoms with Gasteiger partial charge in [-0.2, -0.15) is 0 Å². The Labute approximate surface area is 86.2 Å². The summed E-state index contributed by atoms with van der Waals surface area (Å²) in [4.78, 5) is 11.9. The highest BCUT2D eigenvalue weighted by Gasteiger charge is 2.30. The first-order chi connectivity index (χ1) is 6.57. The first-order valence-corrected chi connectivity index (χ1v) is 5.05. The fraction of sp³-hybridized carbons (Fsp3) is 0.462. The number of hydrogen-bond donors (Lipinski definition) is 0. The Morgan fingerprint density at radius 1 is 1.71 bits per heavy atom. The van der Waals surface area contributed by atoms with Crippen LogP contribution in [0.25, 0.3) is 0 Å². The Balaban J connectivity index is 2.92. The van der Waals surface area contributed by atoms with E-state index in [1.54, 1.807) is 0 Å². The fourth-order valence-electron chi connectivity index (χ4n) is 2.04. The molecule has 0 aliphatic heterocycles. The van der Waals surface area contributed by atoms with Crippen molar-refractivity contribution < 1.29 is 4.79 Å². The van der Waals surface area contributed by atoms with Crippen molar-refractivity contribution >= 4 is 5.78 Å². The summed E-state index contributed by atoms with van der Waals surface area (Å²) in [5.41, 5.74) is 2.00. The Kier molecular flexibility index (Phi) is 3.45. The van der Waals surface area contributed by atoms with E-state index in [9.17, 15) is 4.79 Å². The van der Waals surface area contributed by atoms with Crippen LogP contribution in [0.4, 0.5) is 0 Å². The van der Waals surface area contributed by atoms with E-state index in [4.69, 9.17) is 0 Å². The maximum atomic E-state index is 11.9. The largest absolute Gasteiger partial charge is 0.294 e. The van der Waals surface area contributed by atoms with Crippen molar-refractivity contribution in [2.75, 3.05) is 0 Å². The van der Waals surface area contributed by atoms with Gasteiger partial charge in [0.15, 0.2) is 5.78 Å². The second-order valence-corrected chi connectivity index (χ2v) is 4.07. The maximum Gasteiger partial charge on any atom is 0.162 e. The number of hydrogen-bond acceptors (Lipinski definition) is 1. The molecule has 0 aromatic carbocycles.